The molecule has 5 atom stereocenters. The van der Waals surface area contributed by atoms with Crippen LogP contribution in [-0.4, -0.2) is 88.0 Å². The fourth-order valence-corrected chi connectivity index (χ4v) is 9.52. The molecule has 2 aromatic heterocycles. The summed E-state index contributed by atoms with van der Waals surface area (Å²) in [6, 6.07) is 35.7. The summed E-state index contributed by atoms with van der Waals surface area (Å²) in [6.07, 6.45) is -2.59. The Labute approximate surface area is 367 Å². The lowest BCUT2D eigenvalue weighted by atomic mass is 9.80. The number of amides is 1. The molecule has 1 amide bonds. The minimum absolute atomic E-state index is 0.0567. The maximum absolute atomic E-state index is 17.7. The number of nitriles is 1. The number of anilines is 1. The van der Waals surface area contributed by atoms with Crippen molar-refractivity contribution >= 4 is 31.4 Å². The third-order valence-corrected chi connectivity index (χ3v) is 12.8. The van der Waals surface area contributed by atoms with Gasteiger partial charge < -0.3 is 33.3 Å². The third-order valence-electron chi connectivity index (χ3n) is 10.7. The maximum Gasteiger partial charge on any atom is 0.259 e. The van der Waals surface area contributed by atoms with E-state index < -0.39 is 44.6 Å². The van der Waals surface area contributed by atoms with Crippen LogP contribution in [0.2, 0.25) is 0 Å². The normalized spacial score (nSPS) is 18.2. The number of imidazole rings is 1. The summed E-state index contributed by atoms with van der Waals surface area (Å²) >= 11 is 0. The summed E-state index contributed by atoms with van der Waals surface area (Å²) < 4.78 is 59.3. The minimum Gasteiger partial charge on any atom is -0.497 e. The molecule has 0 saturated carbocycles. The number of hydrogen-bond acceptors (Lipinski definition) is 12. The number of nitrogens with one attached hydrogen (secondary N) is 1. The van der Waals surface area contributed by atoms with E-state index in [0.29, 0.717) is 17.1 Å². The number of nitrogens with zero attached hydrogens (tertiary/aromatic N) is 6. The van der Waals surface area contributed by atoms with Crippen LogP contribution in [0.25, 0.3) is 11.2 Å². The van der Waals surface area contributed by atoms with Crippen LogP contribution in [0.1, 0.15) is 67.4 Å². The molecule has 63 heavy (non-hydrogen) atoms. The molecule has 4 aromatic carbocycles. The Morgan fingerprint density at radius 2 is 1.46 bits per heavy atom. The van der Waals surface area contributed by atoms with E-state index in [4.69, 9.17) is 28.0 Å². The van der Waals surface area contributed by atoms with E-state index in [9.17, 15) is 10.1 Å². The first-order valence-corrected chi connectivity index (χ1v) is 21.8. The topological polar surface area (TPSA) is 155 Å². The molecule has 0 spiro atoms. The van der Waals surface area contributed by atoms with Crippen molar-refractivity contribution in [2.75, 3.05) is 32.8 Å². The smallest absolute Gasteiger partial charge is 0.259 e. The second-order valence-electron chi connectivity index (χ2n) is 15.3. The first-order valence-electron chi connectivity index (χ1n) is 20.7. The van der Waals surface area contributed by atoms with Gasteiger partial charge in [0.15, 0.2) is 29.4 Å². The molecule has 3 heterocycles. The summed E-state index contributed by atoms with van der Waals surface area (Å²) in [5.74, 6) is 1.08. The number of halogens is 1. The van der Waals surface area contributed by atoms with Crippen LogP contribution in [0.3, 0.4) is 0 Å². The Morgan fingerprint density at radius 1 is 0.873 bits per heavy atom. The predicted octanol–water partition coefficient (Wildman–Crippen LogP) is 9.00. The van der Waals surface area contributed by atoms with Crippen molar-refractivity contribution in [3.8, 4) is 17.6 Å². The van der Waals surface area contributed by atoms with Crippen LogP contribution >= 0.6 is 8.53 Å². The quantitative estimate of drug-likeness (QED) is 0.0469. The molecule has 16 heteroatoms. The Morgan fingerprint density at radius 3 is 2.03 bits per heavy atom. The molecular formula is C47H51FN7O7P. The first kappa shape index (κ1) is 45.2. The lowest BCUT2D eigenvalue weighted by molar-refractivity contribution is -0.0919. The molecule has 7 rings (SSSR count). The molecule has 1 saturated heterocycles. The van der Waals surface area contributed by atoms with Crippen molar-refractivity contribution in [2.24, 2.45) is 0 Å². The van der Waals surface area contributed by atoms with Crippen molar-refractivity contribution in [1.29, 1.82) is 5.26 Å². The average Bonchev–Trinajstić information content (AvgIpc) is 3.87. The number of rotatable bonds is 19. The van der Waals surface area contributed by atoms with Gasteiger partial charge in [0.1, 0.15) is 35.6 Å². The molecule has 1 aliphatic rings. The fraction of sp³-hybridized carbons (Fsp3) is 0.340. The van der Waals surface area contributed by atoms with Gasteiger partial charge in [-0.1, -0.05) is 72.8 Å². The minimum atomic E-state index is -1.93. The number of fused-ring (bicyclic) bond motifs is 1. The van der Waals surface area contributed by atoms with Crippen molar-refractivity contribution < 1.29 is 37.2 Å². The highest BCUT2D eigenvalue weighted by Gasteiger charge is 2.51. The third kappa shape index (κ3) is 9.72. The van der Waals surface area contributed by atoms with Gasteiger partial charge in [-0.3, -0.25) is 9.36 Å². The van der Waals surface area contributed by atoms with Crippen LogP contribution in [0.5, 0.6) is 11.5 Å². The van der Waals surface area contributed by atoms with Gasteiger partial charge in [0, 0.05) is 17.6 Å². The molecule has 2 unspecified atom stereocenters. The molecule has 0 aliphatic carbocycles. The summed E-state index contributed by atoms with van der Waals surface area (Å²) in [4.78, 5) is 26.5. The van der Waals surface area contributed by atoms with Crippen molar-refractivity contribution in [2.45, 2.75) is 76.4 Å². The highest BCUT2D eigenvalue weighted by Crippen LogP contribution is 2.51. The Kier molecular flexibility index (Phi) is 14.7. The standard InChI is InChI=1S/C47H51FN7O7P/c1-31(2)55(32(3)4)63(60-27-13-26-49)62-42-39(61-46(40(42)48)54-30-52-41-43(50-29-51-44(41)54)53-45(56)33-14-9-7-10-15-33)28-59-47(34-16-11-8-12-17-34,35-18-22-37(57-5)23-19-35)36-20-24-38(58-6)25-21-36/h7-12,14-25,29-32,39-40,42,46H,13,27-28H2,1-6H3,(H,50,51,53,56)/t39-,40+,42?,46-,63?/m1/s1. The highest BCUT2D eigenvalue weighted by atomic mass is 31.2. The highest BCUT2D eigenvalue weighted by molar-refractivity contribution is 7.44. The van der Waals surface area contributed by atoms with E-state index in [1.807, 2.05) is 117 Å². The SMILES string of the molecule is COc1ccc(C(OC[C@H]2O[C@@H](n3cnc4c(NC(=O)c5ccccc5)ncnc43)[C@@H](F)C2OP(OCCC#N)N(C(C)C)C(C)C)(c2ccccc2)c2ccc(OC)cc2)cc1. The Hall–Kier alpha value is -5.85. The van der Waals surface area contributed by atoms with E-state index in [1.165, 1.54) is 17.2 Å². The van der Waals surface area contributed by atoms with Crippen LogP contribution in [-0.2, 0) is 24.1 Å². The molecule has 1 N–H and O–H groups in total. The molecular weight excluding hydrogens is 825 g/mol. The van der Waals surface area contributed by atoms with E-state index in [1.54, 1.807) is 38.5 Å². The van der Waals surface area contributed by atoms with Gasteiger partial charge in [0.25, 0.3) is 14.4 Å². The van der Waals surface area contributed by atoms with Crippen LogP contribution in [0.4, 0.5) is 10.2 Å². The number of alkyl halides is 1. The van der Waals surface area contributed by atoms with Gasteiger partial charge in [-0.2, -0.15) is 5.26 Å². The zero-order valence-electron chi connectivity index (χ0n) is 36.0. The monoisotopic (exact) mass is 875 g/mol. The van der Waals surface area contributed by atoms with Gasteiger partial charge in [0.2, 0.25) is 0 Å². The van der Waals surface area contributed by atoms with Crippen LogP contribution in [0, 0.1) is 11.3 Å². The number of hydrogen-bond donors (Lipinski definition) is 1. The number of ether oxygens (including phenoxy) is 4. The molecule has 1 aliphatic heterocycles. The summed E-state index contributed by atoms with van der Waals surface area (Å²) in [6.45, 7) is 7.96. The van der Waals surface area contributed by atoms with Crippen LogP contribution in [0.15, 0.2) is 122 Å². The lowest BCUT2D eigenvalue weighted by Crippen LogP contribution is -2.41. The average molecular weight is 876 g/mol. The van der Waals surface area contributed by atoms with Gasteiger partial charge in [0.05, 0.1) is 46.3 Å². The van der Waals surface area contributed by atoms with Gasteiger partial charge >= 0.3 is 0 Å². The molecule has 328 valence electrons. The maximum atomic E-state index is 17.7. The number of methoxy groups -OCH3 is 2. The molecule has 14 nitrogen and oxygen atoms in total. The molecule has 0 bridgehead atoms. The number of benzene rings is 4. The lowest BCUT2D eigenvalue weighted by Gasteiger charge is -2.39. The van der Waals surface area contributed by atoms with Gasteiger partial charge in [-0.15, -0.1) is 0 Å². The molecule has 6 aromatic rings. The molecule has 0 radical (unpaired) electrons. The Balaban J connectivity index is 1.31. The van der Waals surface area contributed by atoms with Gasteiger partial charge in [-0.05, 0) is 80.8 Å². The number of carbonyl (C=O) groups is 1. The van der Waals surface area contributed by atoms with Gasteiger partial charge in [-0.25, -0.2) is 24.0 Å². The largest absolute Gasteiger partial charge is 0.497 e. The fourth-order valence-electron chi connectivity index (χ4n) is 7.76. The van der Waals surface area contributed by atoms with Crippen molar-refractivity contribution in [1.82, 2.24) is 24.2 Å². The predicted molar refractivity (Wildman–Crippen MR) is 237 cm³/mol. The van der Waals surface area contributed by atoms with Crippen LogP contribution < -0.4 is 14.8 Å². The van der Waals surface area contributed by atoms with E-state index in [2.05, 4.69) is 26.3 Å². The number of carbonyl (C=O) groups excluding carboxylic acids is 1. The summed E-state index contributed by atoms with van der Waals surface area (Å²) in [5, 5.41) is 12.2. The van der Waals surface area contributed by atoms with E-state index in [-0.39, 0.29) is 48.7 Å². The second-order valence-corrected chi connectivity index (χ2v) is 16.7. The van der Waals surface area contributed by atoms with E-state index >= 15 is 4.39 Å². The second kappa shape index (κ2) is 20.6. The van der Waals surface area contributed by atoms with E-state index in [0.717, 1.165) is 16.7 Å². The summed E-state index contributed by atoms with van der Waals surface area (Å²) in [7, 11) is 1.29. The zero-order valence-corrected chi connectivity index (χ0v) is 36.9. The zero-order chi connectivity index (χ0) is 44.5. The first-order chi connectivity index (χ1) is 30.6. The Bertz CT molecular complexity index is 2400. The summed E-state index contributed by atoms with van der Waals surface area (Å²) in [5.41, 5.74) is 2.00. The molecule has 1 fully saturated rings. The van der Waals surface area contributed by atoms with Crippen molar-refractivity contribution in [3.63, 3.8) is 0 Å². The van der Waals surface area contributed by atoms with Crippen molar-refractivity contribution in [3.05, 3.63) is 144 Å². The number of aromatic nitrogens is 4.